The molecule has 2 aromatic rings. The van der Waals surface area contributed by atoms with E-state index < -0.39 is 12.6 Å². The van der Waals surface area contributed by atoms with Gasteiger partial charge in [0.25, 0.3) is 5.91 Å². The van der Waals surface area contributed by atoms with E-state index >= 15 is 0 Å². The summed E-state index contributed by atoms with van der Waals surface area (Å²) in [4.78, 5) is 26.8. The van der Waals surface area contributed by atoms with Crippen LogP contribution in [0.15, 0.2) is 16.7 Å². The molecule has 2 N–H and O–H groups in total. The number of carboxylic acid groups (broad SMARTS) is 1. The number of benzene rings is 1. The topological polar surface area (TPSA) is 115 Å². The van der Waals surface area contributed by atoms with Gasteiger partial charge in [0.05, 0.1) is 6.54 Å². The molecule has 8 heteroatoms. The summed E-state index contributed by atoms with van der Waals surface area (Å²) in [5, 5.41) is 15.1. The zero-order chi connectivity index (χ0) is 17.0. The number of hydrogen-bond donors (Lipinski definition) is 2. The molecule has 0 atom stereocenters. The third-order valence-corrected chi connectivity index (χ3v) is 3.04. The lowest BCUT2D eigenvalue weighted by atomic mass is 10.1. The molecule has 1 aromatic carbocycles. The lowest BCUT2D eigenvalue weighted by molar-refractivity contribution is -0.139. The van der Waals surface area contributed by atoms with Crippen LogP contribution < -0.4 is 10.1 Å². The van der Waals surface area contributed by atoms with Gasteiger partial charge in [0.1, 0.15) is 5.75 Å². The summed E-state index contributed by atoms with van der Waals surface area (Å²) >= 11 is 0. The molecule has 0 saturated carbocycles. The fraction of sp³-hybridized carbons (Fsp3) is 0.333. The number of amides is 1. The fourth-order valence-electron chi connectivity index (χ4n) is 2.12. The van der Waals surface area contributed by atoms with Crippen molar-refractivity contribution in [3.05, 3.63) is 40.5 Å². The van der Waals surface area contributed by atoms with Crippen LogP contribution in [0.1, 0.15) is 33.2 Å². The third kappa shape index (κ3) is 4.29. The molecule has 0 fully saturated rings. The predicted molar refractivity (Wildman–Crippen MR) is 79.3 cm³/mol. The molecule has 1 aromatic heterocycles. The molecule has 0 unspecified atom stereocenters. The number of aliphatic carboxylic acids is 1. The number of rotatable bonds is 6. The molecule has 23 heavy (non-hydrogen) atoms. The lowest BCUT2D eigenvalue weighted by Crippen LogP contribution is -2.23. The maximum Gasteiger partial charge on any atom is 0.341 e. The quantitative estimate of drug-likeness (QED) is 0.826. The van der Waals surface area contributed by atoms with Crippen LogP contribution in [-0.2, 0) is 11.3 Å². The summed E-state index contributed by atoms with van der Waals surface area (Å²) in [6.07, 6.45) is 0. The molecule has 8 nitrogen and oxygen atoms in total. The van der Waals surface area contributed by atoms with Gasteiger partial charge in [-0.25, -0.2) is 4.79 Å². The first-order chi connectivity index (χ1) is 10.9. The van der Waals surface area contributed by atoms with E-state index in [0.717, 1.165) is 0 Å². The van der Waals surface area contributed by atoms with Crippen LogP contribution >= 0.6 is 0 Å². The van der Waals surface area contributed by atoms with Gasteiger partial charge in [0.15, 0.2) is 12.4 Å². The van der Waals surface area contributed by atoms with Gasteiger partial charge < -0.3 is 19.7 Å². The highest BCUT2D eigenvalue weighted by Crippen LogP contribution is 2.24. The van der Waals surface area contributed by atoms with Gasteiger partial charge in [-0.3, -0.25) is 4.79 Å². The number of carbonyl (C=O) groups excluding carboxylic acids is 1. The number of nitrogens with zero attached hydrogens (tertiary/aromatic N) is 2. The molecule has 1 amide bonds. The molecule has 122 valence electrons. The zero-order valence-electron chi connectivity index (χ0n) is 13.0. The molecule has 2 rings (SSSR count). The van der Waals surface area contributed by atoms with Gasteiger partial charge in [0.2, 0.25) is 5.89 Å². The molecule has 1 heterocycles. The van der Waals surface area contributed by atoms with Crippen molar-refractivity contribution in [2.75, 3.05) is 6.61 Å². The van der Waals surface area contributed by atoms with E-state index in [1.165, 1.54) is 0 Å². The van der Waals surface area contributed by atoms with Crippen molar-refractivity contribution in [2.24, 2.45) is 0 Å². The van der Waals surface area contributed by atoms with Gasteiger partial charge in [-0.1, -0.05) is 5.16 Å². The minimum Gasteiger partial charge on any atom is -0.481 e. The van der Waals surface area contributed by atoms with E-state index in [-0.39, 0.29) is 12.5 Å². The normalized spacial score (nSPS) is 10.4. The minimum atomic E-state index is -1.05. The van der Waals surface area contributed by atoms with Crippen LogP contribution in [0, 0.1) is 20.8 Å². The molecular formula is C15H17N3O5. The molecule has 0 radical (unpaired) electrons. The molecule has 0 aliphatic carbocycles. The Kier molecular flexibility index (Phi) is 4.95. The Labute approximate surface area is 132 Å². The van der Waals surface area contributed by atoms with Crippen molar-refractivity contribution in [1.82, 2.24) is 15.5 Å². The first-order valence-electron chi connectivity index (χ1n) is 6.90. The van der Waals surface area contributed by atoms with E-state index in [1.807, 2.05) is 0 Å². The monoisotopic (exact) mass is 319 g/mol. The predicted octanol–water partition coefficient (Wildman–Crippen LogP) is 1.39. The smallest absolute Gasteiger partial charge is 0.341 e. The van der Waals surface area contributed by atoms with E-state index in [1.54, 1.807) is 32.9 Å². The van der Waals surface area contributed by atoms with E-state index in [2.05, 4.69) is 15.5 Å². The molecule has 0 aliphatic rings. The molecule has 0 aliphatic heterocycles. The zero-order valence-corrected chi connectivity index (χ0v) is 13.0. The Morgan fingerprint density at radius 3 is 2.43 bits per heavy atom. The number of carboxylic acids is 1. The third-order valence-electron chi connectivity index (χ3n) is 3.04. The van der Waals surface area contributed by atoms with E-state index in [4.69, 9.17) is 14.4 Å². The Balaban J connectivity index is 2.07. The van der Waals surface area contributed by atoms with Crippen LogP contribution in [-0.4, -0.2) is 33.7 Å². The van der Waals surface area contributed by atoms with Crippen LogP contribution in [0.2, 0.25) is 0 Å². The van der Waals surface area contributed by atoms with Crippen LogP contribution in [0.4, 0.5) is 0 Å². The number of ether oxygens (including phenoxy) is 1. The average Bonchev–Trinajstić information content (AvgIpc) is 2.89. The average molecular weight is 319 g/mol. The Hall–Kier alpha value is -2.90. The van der Waals surface area contributed by atoms with Gasteiger partial charge in [-0.2, -0.15) is 4.98 Å². The van der Waals surface area contributed by atoms with Crippen LogP contribution in [0.5, 0.6) is 5.75 Å². The molecular weight excluding hydrogens is 302 g/mol. The summed E-state index contributed by atoms with van der Waals surface area (Å²) in [6, 6.07) is 3.28. The second-order valence-electron chi connectivity index (χ2n) is 5.03. The molecule has 0 bridgehead atoms. The standard InChI is InChI=1S/C15H17N3O5/c1-8-4-11(5-9(2)14(8)22-7-13(19)20)15(21)16-6-12-17-10(3)23-18-12/h4-5H,6-7H2,1-3H3,(H,16,21)(H,19,20). The summed E-state index contributed by atoms with van der Waals surface area (Å²) in [5.41, 5.74) is 1.82. The number of aromatic nitrogens is 2. The lowest BCUT2D eigenvalue weighted by Gasteiger charge is -2.12. The largest absolute Gasteiger partial charge is 0.481 e. The van der Waals surface area contributed by atoms with Gasteiger partial charge in [-0.05, 0) is 37.1 Å². The summed E-state index contributed by atoms with van der Waals surface area (Å²) in [6.45, 7) is 4.91. The second-order valence-corrected chi connectivity index (χ2v) is 5.03. The van der Waals surface area contributed by atoms with Crippen molar-refractivity contribution < 1.29 is 24.0 Å². The highest BCUT2D eigenvalue weighted by molar-refractivity contribution is 5.94. The molecule has 0 saturated heterocycles. The maximum absolute atomic E-state index is 12.2. The first kappa shape index (κ1) is 16.5. The van der Waals surface area contributed by atoms with Crippen molar-refractivity contribution in [3.63, 3.8) is 0 Å². The number of hydrogen-bond acceptors (Lipinski definition) is 6. The van der Waals surface area contributed by atoms with Gasteiger partial charge >= 0.3 is 5.97 Å². The summed E-state index contributed by atoms with van der Waals surface area (Å²) in [7, 11) is 0. The SMILES string of the molecule is Cc1nc(CNC(=O)c2cc(C)c(OCC(=O)O)c(C)c2)no1. The van der Waals surface area contributed by atoms with Crippen molar-refractivity contribution in [2.45, 2.75) is 27.3 Å². The van der Waals surface area contributed by atoms with Gasteiger partial charge in [0, 0.05) is 12.5 Å². The van der Waals surface area contributed by atoms with Crippen molar-refractivity contribution >= 4 is 11.9 Å². The minimum absolute atomic E-state index is 0.158. The summed E-state index contributed by atoms with van der Waals surface area (Å²) < 4.78 is 10.1. The van der Waals surface area contributed by atoms with Crippen molar-refractivity contribution in [3.8, 4) is 5.75 Å². The first-order valence-corrected chi connectivity index (χ1v) is 6.90. The van der Waals surface area contributed by atoms with E-state index in [9.17, 15) is 9.59 Å². The number of aryl methyl sites for hydroxylation is 3. The fourth-order valence-corrected chi connectivity index (χ4v) is 2.12. The number of carbonyl (C=O) groups is 2. The van der Waals surface area contributed by atoms with Gasteiger partial charge in [-0.15, -0.1) is 0 Å². The van der Waals surface area contributed by atoms with Crippen molar-refractivity contribution in [1.29, 1.82) is 0 Å². The second kappa shape index (κ2) is 6.91. The Bertz CT molecular complexity index is 715. The highest BCUT2D eigenvalue weighted by atomic mass is 16.5. The van der Waals surface area contributed by atoms with E-state index in [0.29, 0.717) is 34.2 Å². The van der Waals surface area contributed by atoms with Crippen LogP contribution in [0.25, 0.3) is 0 Å². The Morgan fingerprint density at radius 1 is 1.26 bits per heavy atom. The highest BCUT2D eigenvalue weighted by Gasteiger charge is 2.13. The summed E-state index contributed by atoms with van der Waals surface area (Å²) in [5.74, 6) is -0.0474. The maximum atomic E-state index is 12.2. The van der Waals surface area contributed by atoms with Crippen LogP contribution in [0.3, 0.4) is 0 Å². The number of nitrogens with one attached hydrogen (secondary N) is 1. The Morgan fingerprint density at radius 2 is 1.91 bits per heavy atom. The molecule has 0 spiro atoms.